The molecule has 0 aliphatic carbocycles. The molecule has 0 saturated heterocycles. The van der Waals surface area contributed by atoms with E-state index >= 15 is 0 Å². The Hall–Kier alpha value is -0.880. The van der Waals surface area contributed by atoms with E-state index in [4.69, 9.17) is 5.11 Å². The van der Waals surface area contributed by atoms with Gasteiger partial charge in [-0.15, -0.1) is 0 Å². The summed E-state index contributed by atoms with van der Waals surface area (Å²) in [7, 11) is 0. The third-order valence-corrected chi connectivity index (χ3v) is 3.64. The number of aromatic nitrogens is 2. The Morgan fingerprint density at radius 2 is 2.11 bits per heavy atom. The van der Waals surface area contributed by atoms with Crippen molar-refractivity contribution in [2.24, 2.45) is 5.92 Å². The molecule has 1 rings (SSSR count). The lowest BCUT2D eigenvalue weighted by molar-refractivity contribution is 0.266. The van der Waals surface area contributed by atoms with Crippen molar-refractivity contribution in [2.45, 2.75) is 46.2 Å². The molecule has 0 spiro atoms. The van der Waals surface area contributed by atoms with E-state index in [-0.39, 0.29) is 24.8 Å². The topological polar surface area (TPSA) is 67.2 Å². The minimum absolute atomic E-state index is 0.100. The predicted molar refractivity (Wildman–Crippen MR) is 80.4 cm³/mol. The molecule has 0 radical (unpaired) electrons. The van der Waals surface area contributed by atoms with Gasteiger partial charge in [0, 0.05) is 6.04 Å². The number of nitrogens with one attached hydrogen (secondary N) is 1. The number of nitrogens with zero attached hydrogens (tertiary/aromatic N) is 2. The van der Waals surface area contributed by atoms with Crippen LogP contribution in [-0.4, -0.2) is 27.5 Å². The second-order valence-electron chi connectivity index (χ2n) is 5.14. The van der Waals surface area contributed by atoms with E-state index in [0.29, 0.717) is 16.1 Å². The minimum Gasteiger partial charge on any atom is -0.394 e. The van der Waals surface area contributed by atoms with Gasteiger partial charge >= 0.3 is 0 Å². The Balaban J connectivity index is 2.74. The summed E-state index contributed by atoms with van der Waals surface area (Å²) in [6.07, 6.45) is 3.80. The SMILES string of the molecule is CC(C)CCC(C)Nc1cnn(CCO)c(=O)c1Br. The Kier molecular flexibility index (Phi) is 6.51. The largest absolute Gasteiger partial charge is 0.394 e. The number of hydrogen-bond acceptors (Lipinski definition) is 4. The quantitative estimate of drug-likeness (QED) is 0.804. The summed E-state index contributed by atoms with van der Waals surface area (Å²) in [6.45, 7) is 6.59. The van der Waals surface area contributed by atoms with Crippen LogP contribution in [0.15, 0.2) is 15.5 Å². The van der Waals surface area contributed by atoms with Crippen LogP contribution in [0.4, 0.5) is 5.69 Å². The van der Waals surface area contributed by atoms with Gasteiger partial charge < -0.3 is 10.4 Å². The molecule has 2 N–H and O–H groups in total. The second kappa shape index (κ2) is 7.65. The summed E-state index contributed by atoms with van der Waals surface area (Å²) in [6, 6.07) is 0.286. The second-order valence-corrected chi connectivity index (χ2v) is 5.93. The highest BCUT2D eigenvalue weighted by atomic mass is 79.9. The first-order chi connectivity index (χ1) is 8.95. The van der Waals surface area contributed by atoms with Crippen molar-refractivity contribution in [1.82, 2.24) is 9.78 Å². The average molecular weight is 332 g/mol. The molecule has 0 fully saturated rings. The van der Waals surface area contributed by atoms with Crippen molar-refractivity contribution >= 4 is 21.6 Å². The van der Waals surface area contributed by atoms with Gasteiger partial charge in [-0.05, 0) is 41.6 Å². The highest BCUT2D eigenvalue weighted by molar-refractivity contribution is 9.10. The van der Waals surface area contributed by atoms with Crippen LogP contribution in [0.5, 0.6) is 0 Å². The fraction of sp³-hybridized carbons (Fsp3) is 0.692. The molecule has 6 heteroatoms. The summed E-state index contributed by atoms with van der Waals surface area (Å²) in [5, 5.41) is 16.2. The molecule has 0 aliphatic heterocycles. The Morgan fingerprint density at radius 1 is 1.42 bits per heavy atom. The van der Waals surface area contributed by atoms with Crippen LogP contribution in [0.1, 0.15) is 33.6 Å². The van der Waals surface area contributed by atoms with Gasteiger partial charge in [-0.2, -0.15) is 5.10 Å². The lowest BCUT2D eigenvalue weighted by atomic mass is 10.0. The van der Waals surface area contributed by atoms with Crippen LogP contribution < -0.4 is 10.9 Å². The normalized spacial score (nSPS) is 12.7. The zero-order chi connectivity index (χ0) is 14.4. The third kappa shape index (κ3) is 4.95. The number of halogens is 1. The standard InChI is InChI=1S/C13H22BrN3O2/c1-9(2)4-5-10(3)16-11-8-15-17(6-7-18)13(19)12(11)14/h8-10,16,18H,4-7H2,1-3H3. The molecule has 0 aromatic carbocycles. The summed E-state index contributed by atoms with van der Waals surface area (Å²) < 4.78 is 1.71. The molecule has 108 valence electrons. The maximum absolute atomic E-state index is 11.9. The Bertz CT molecular complexity index is 460. The minimum atomic E-state index is -0.227. The van der Waals surface area contributed by atoms with Gasteiger partial charge in [-0.3, -0.25) is 4.79 Å². The van der Waals surface area contributed by atoms with Gasteiger partial charge in [0.1, 0.15) is 4.47 Å². The Morgan fingerprint density at radius 3 is 2.68 bits per heavy atom. The van der Waals surface area contributed by atoms with Gasteiger partial charge in [0.05, 0.1) is 25.0 Å². The van der Waals surface area contributed by atoms with Crippen LogP contribution in [-0.2, 0) is 6.54 Å². The zero-order valence-corrected chi connectivity index (χ0v) is 13.3. The molecule has 1 heterocycles. The van der Waals surface area contributed by atoms with E-state index < -0.39 is 0 Å². The highest BCUT2D eigenvalue weighted by Crippen LogP contribution is 2.19. The smallest absolute Gasteiger partial charge is 0.283 e. The molecule has 0 amide bonds. The fourth-order valence-electron chi connectivity index (χ4n) is 1.74. The van der Waals surface area contributed by atoms with Gasteiger partial charge in [0.15, 0.2) is 0 Å². The molecular formula is C13H22BrN3O2. The van der Waals surface area contributed by atoms with E-state index in [2.05, 4.69) is 47.1 Å². The molecule has 0 bridgehead atoms. The van der Waals surface area contributed by atoms with Crippen LogP contribution >= 0.6 is 15.9 Å². The maximum atomic E-state index is 11.9. The number of aliphatic hydroxyl groups excluding tert-OH is 1. The lowest BCUT2D eigenvalue weighted by Crippen LogP contribution is -2.27. The van der Waals surface area contributed by atoms with E-state index in [1.165, 1.54) is 4.68 Å². The molecule has 0 saturated carbocycles. The molecule has 1 unspecified atom stereocenters. The lowest BCUT2D eigenvalue weighted by Gasteiger charge is -2.17. The first-order valence-corrected chi connectivity index (χ1v) is 7.38. The van der Waals surface area contributed by atoms with Gasteiger partial charge in [0.2, 0.25) is 0 Å². The molecule has 0 aliphatic rings. The van der Waals surface area contributed by atoms with Crippen molar-refractivity contribution in [3.63, 3.8) is 0 Å². The summed E-state index contributed by atoms with van der Waals surface area (Å²) in [5.41, 5.74) is 0.477. The van der Waals surface area contributed by atoms with Crippen LogP contribution in [0, 0.1) is 5.92 Å². The number of aliphatic hydroxyl groups is 1. The number of hydrogen-bond donors (Lipinski definition) is 2. The fourth-order valence-corrected chi connectivity index (χ4v) is 2.16. The molecular weight excluding hydrogens is 310 g/mol. The number of rotatable bonds is 7. The van der Waals surface area contributed by atoms with Crippen LogP contribution in [0.2, 0.25) is 0 Å². The maximum Gasteiger partial charge on any atom is 0.283 e. The summed E-state index contributed by atoms with van der Waals surface area (Å²) in [4.78, 5) is 11.9. The van der Waals surface area contributed by atoms with Crippen LogP contribution in [0.3, 0.4) is 0 Å². The zero-order valence-electron chi connectivity index (χ0n) is 11.7. The highest BCUT2D eigenvalue weighted by Gasteiger charge is 2.11. The monoisotopic (exact) mass is 331 g/mol. The van der Waals surface area contributed by atoms with E-state index in [1.807, 2.05) is 0 Å². The molecule has 1 atom stereocenters. The molecule has 19 heavy (non-hydrogen) atoms. The van der Waals surface area contributed by atoms with Crippen molar-refractivity contribution in [3.05, 3.63) is 21.0 Å². The predicted octanol–water partition coefficient (Wildman–Crippen LogP) is 2.23. The van der Waals surface area contributed by atoms with Crippen molar-refractivity contribution in [1.29, 1.82) is 0 Å². The number of anilines is 1. The van der Waals surface area contributed by atoms with E-state index in [0.717, 1.165) is 12.8 Å². The Labute approximate surface area is 122 Å². The van der Waals surface area contributed by atoms with Gasteiger partial charge in [-0.1, -0.05) is 13.8 Å². The summed E-state index contributed by atoms with van der Waals surface area (Å²) >= 11 is 3.29. The third-order valence-electron chi connectivity index (χ3n) is 2.88. The van der Waals surface area contributed by atoms with Gasteiger partial charge in [0.25, 0.3) is 5.56 Å². The van der Waals surface area contributed by atoms with Crippen LogP contribution in [0.25, 0.3) is 0 Å². The first kappa shape index (κ1) is 16.2. The van der Waals surface area contributed by atoms with Crippen molar-refractivity contribution in [3.8, 4) is 0 Å². The van der Waals surface area contributed by atoms with Crippen molar-refractivity contribution in [2.75, 3.05) is 11.9 Å². The molecule has 1 aromatic heterocycles. The molecule has 1 aromatic rings. The van der Waals surface area contributed by atoms with E-state index in [9.17, 15) is 4.79 Å². The molecule has 5 nitrogen and oxygen atoms in total. The summed E-state index contributed by atoms with van der Waals surface area (Å²) in [5.74, 6) is 0.670. The van der Waals surface area contributed by atoms with Crippen molar-refractivity contribution < 1.29 is 5.11 Å². The van der Waals surface area contributed by atoms with E-state index in [1.54, 1.807) is 6.20 Å². The first-order valence-electron chi connectivity index (χ1n) is 6.58. The van der Waals surface area contributed by atoms with Gasteiger partial charge in [-0.25, -0.2) is 4.68 Å². The average Bonchev–Trinajstić information content (AvgIpc) is 2.36.